The van der Waals surface area contributed by atoms with Crippen molar-refractivity contribution in [2.24, 2.45) is 0 Å². The van der Waals surface area contributed by atoms with Crippen LogP contribution in [0.3, 0.4) is 0 Å². The predicted molar refractivity (Wildman–Crippen MR) is 284 cm³/mol. The Kier molecular flexibility index (Phi) is 10.3. The van der Waals surface area contributed by atoms with Crippen molar-refractivity contribution in [1.82, 2.24) is 14.1 Å². The van der Waals surface area contributed by atoms with Crippen LogP contribution in [0.15, 0.2) is 206 Å². The molecule has 0 unspecified atom stereocenters. The van der Waals surface area contributed by atoms with Crippen molar-refractivity contribution in [3.05, 3.63) is 234 Å². The lowest BCUT2D eigenvalue weighted by molar-refractivity contribution is 1.13. The Labute approximate surface area is 413 Å². The Balaban J connectivity index is 1.11. The number of rotatable bonds is 7. The Hall–Kier alpha value is -10.8. The maximum Gasteiger partial charge on any atom is 0.0991 e. The minimum atomic E-state index is 0.473. The molecule has 0 fully saturated rings. The van der Waals surface area contributed by atoms with Gasteiger partial charge in [0.1, 0.15) is 0 Å². The van der Waals surface area contributed by atoms with E-state index < -0.39 is 0 Å². The van der Waals surface area contributed by atoms with E-state index >= 15 is 0 Å². The summed E-state index contributed by atoms with van der Waals surface area (Å²) in [5.41, 5.74) is 17.0. The molecule has 8 nitrogen and oxygen atoms in total. The molecule has 72 heavy (non-hydrogen) atoms. The lowest BCUT2D eigenvalue weighted by atomic mass is 9.99. The summed E-state index contributed by atoms with van der Waals surface area (Å²) in [6.07, 6.45) is 1.78. The van der Waals surface area contributed by atoms with Gasteiger partial charge in [0.05, 0.1) is 97.3 Å². The number of fused-ring (bicyclic) bond motifs is 6. The van der Waals surface area contributed by atoms with E-state index in [0.29, 0.717) is 33.5 Å². The summed E-state index contributed by atoms with van der Waals surface area (Å²) in [5.74, 6) is 0. The third-order valence-electron chi connectivity index (χ3n) is 13.5. The Morgan fingerprint density at radius 2 is 0.625 bits per heavy atom. The Morgan fingerprint density at radius 3 is 0.986 bits per heavy atom. The normalized spacial score (nSPS) is 11.0. The Morgan fingerprint density at radius 1 is 0.292 bits per heavy atom. The summed E-state index contributed by atoms with van der Waals surface area (Å²) in [6, 6.07) is 77.1. The monoisotopic (exact) mass is 914 g/mol. The summed E-state index contributed by atoms with van der Waals surface area (Å²) >= 11 is 0. The highest BCUT2D eigenvalue weighted by Crippen LogP contribution is 2.43. The number of hydrogen-bond acceptors (Lipinski definition) is 6. The van der Waals surface area contributed by atoms with Crippen LogP contribution in [0.1, 0.15) is 27.8 Å². The summed E-state index contributed by atoms with van der Waals surface area (Å²) in [5, 5.41) is 53.6. The lowest BCUT2D eigenvalue weighted by Gasteiger charge is -2.18. The highest BCUT2D eigenvalue weighted by atomic mass is 15.0. The van der Waals surface area contributed by atoms with E-state index in [0.717, 1.165) is 105 Å². The van der Waals surface area contributed by atoms with Gasteiger partial charge in [-0.1, -0.05) is 72.8 Å². The first-order chi connectivity index (χ1) is 35.4. The second-order valence-corrected chi connectivity index (χ2v) is 17.6. The number of nitrogens with zero attached hydrogens (tertiary/aromatic N) is 8. The average molecular weight is 915 g/mol. The second kappa shape index (κ2) is 17.4. The van der Waals surface area contributed by atoms with Gasteiger partial charge in [0, 0.05) is 33.3 Å². The molecule has 0 atom stereocenters. The molecule has 0 aliphatic rings. The van der Waals surface area contributed by atoms with Gasteiger partial charge in [-0.05, 0) is 172 Å². The summed E-state index contributed by atoms with van der Waals surface area (Å²) in [4.78, 5) is 5.18. The molecule has 12 rings (SSSR count). The molecule has 0 aliphatic heterocycles. The number of pyridine rings is 1. The topological polar surface area (TPSA) is 142 Å². The number of nitriles is 5. The minimum Gasteiger partial charge on any atom is -0.309 e. The van der Waals surface area contributed by atoms with Crippen molar-refractivity contribution in [2.75, 3.05) is 0 Å². The van der Waals surface area contributed by atoms with Gasteiger partial charge in [-0.25, -0.2) is 0 Å². The van der Waals surface area contributed by atoms with Crippen LogP contribution in [-0.4, -0.2) is 14.1 Å². The van der Waals surface area contributed by atoms with Crippen molar-refractivity contribution in [2.45, 2.75) is 0 Å². The van der Waals surface area contributed by atoms with Crippen molar-refractivity contribution in [1.29, 1.82) is 26.3 Å². The largest absolute Gasteiger partial charge is 0.309 e. The van der Waals surface area contributed by atoms with Crippen LogP contribution in [0.25, 0.3) is 111 Å². The highest BCUT2D eigenvalue weighted by Gasteiger charge is 2.23. The van der Waals surface area contributed by atoms with Gasteiger partial charge in [0.25, 0.3) is 0 Å². The summed E-state index contributed by atoms with van der Waals surface area (Å²) < 4.78 is 4.47. The lowest BCUT2D eigenvalue weighted by Crippen LogP contribution is -2.03. The number of aromatic nitrogens is 3. The standard InChI is InChI=1S/C64H34N8/c65-35-40-6-1-10-45(26-40)49-16-21-58-53(31-49)54-32-50(46-11-2-7-41(27-46)36-66)17-22-59(54)71(58)62-20-15-44(39-69)30-57(62)64-63(14-5-25-70-64)72-60-23-18-51(47-12-3-8-42(28-47)37-67)33-55(60)56-34-52(19-24-61(56)72)48-13-4-9-43(29-48)38-68/h1-34H. The molecule has 0 amide bonds. The van der Waals surface area contributed by atoms with Crippen molar-refractivity contribution >= 4 is 43.6 Å². The van der Waals surface area contributed by atoms with Crippen molar-refractivity contribution in [3.63, 3.8) is 0 Å². The van der Waals surface area contributed by atoms with Crippen LogP contribution in [0.5, 0.6) is 0 Å². The Bertz CT molecular complexity index is 4250. The molecule has 0 N–H and O–H groups in total. The van der Waals surface area contributed by atoms with Gasteiger partial charge < -0.3 is 9.13 Å². The van der Waals surface area contributed by atoms with Crippen LogP contribution in [0, 0.1) is 56.7 Å². The van der Waals surface area contributed by atoms with E-state index in [1.165, 1.54) is 0 Å². The van der Waals surface area contributed by atoms with E-state index in [9.17, 15) is 26.3 Å². The van der Waals surface area contributed by atoms with E-state index in [2.05, 4.69) is 118 Å². The quantitative estimate of drug-likeness (QED) is 0.156. The minimum absolute atomic E-state index is 0.473. The van der Waals surface area contributed by atoms with Gasteiger partial charge in [0.15, 0.2) is 0 Å². The molecular formula is C64H34N8. The predicted octanol–water partition coefficient (Wildman–Crippen LogP) is 15.0. The van der Waals surface area contributed by atoms with Gasteiger partial charge in [-0.2, -0.15) is 26.3 Å². The zero-order valence-electron chi connectivity index (χ0n) is 38.2. The molecule has 3 aromatic heterocycles. The molecule has 0 spiro atoms. The molecule has 0 aliphatic carbocycles. The zero-order valence-corrected chi connectivity index (χ0v) is 38.2. The van der Waals surface area contributed by atoms with Gasteiger partial charge in [-0.3, -0.25) is 4.98 Å². The van der Waals surface area contributed by atoms with Crippen LogP contribution in [-0.2, 0) is 0 Å². The first-order valence-corrected chi connectivity index (χ1v) is 23.1. The second-order valence-electron chi connectivity index (χ2n) is 17.6. The van der Waals surface area contributed by atoms with Crippen LogP contribution >= 0.6 is 0 Å². The molecule has 0 bridgehead atoms. The SMILES string of the molecule is N#Cc1cccc(-c2ccc3c(c2)c2cc(-c4cccc(C#N)c4)ccc2n3-c2ccc(C#N)cc2-c2ncccc2-n2c3ccc(-c4cccc(C#N)c4)cc3c3cc(-c4cccc(C#N)c4)ccc32)c1. The highest BCUT2D eigenvalue weighted by molar-refractivity contribution is 6.14. The molecule has 3 heterocycles. The van der Waals surface area contributed by atoms with E-state index in [4.69, 9.17) is 4.98 Å². The van der Waals surface area contributed by atoms with Gasteiger partial charge in [0.2, 0.25) is 0 Å². The van der Waals surface area contributed by atoms with E-state index in [1.54, 1.807) is 30.5 Å². The third-order valence-corrected chi connectivity index (χ3v) is 13.5. The molecule has 9 aromatic carbocycles. The summed E-state index contributed by atoms with van der Waals surface area (Å²) in [7, 11) is 0. The fourth-order valence-electron chi connectivity index (χ4n) is 10.1. The molecular weight excluding hydrogens is 881 g/mol. The first kappa shape index (κ1) is 42.5. The third kappa shape index (κ3) is 7.17. The van der Waals surface area contributed by atoms with Gasteiger partial charge in [-0.15, -0.1) is 0 Å². The summed E-state index contributed by atoms with van der Waals surface area (Å²) in [6.45, 7) is 0. The maximum absolute atomic E-state index is 10.5. The molecule has 330 valence electrons. The van der Waals surface area contributed by atoms with E-state index in [1.807, 2.05) is 97.1 Å². The van der Waals surface area contributed by atoms with Crippen molar-refractivity contribution < 1.29 is 0 Å². The average Bonchev–Trinajstić information content (AvgIpc) is 3.96. The fourth-order valence-corrected chi connectivity index (χ4v) is 10.1. The molecule has 8 heteroatoms. The van der Waals surface area contributed by atoms with Crippen LogP contribution in [0.4, 0.5) is 0 Å². The molecule has 0 radical (unpaired) electrons. The molecule has 0 saturated carbocycles. The zero-order chi connectivity index (χ0) is 48.9. The van der Waals surface area contributed by atoms with Crippen LogP contribution in [0.2, 0.25) is 0 Å². The number of benzene rings is 9. The smallest absolute Gasteiger partial charge is 0.0991 e. The fraction of sp³-hybridized carbons (Fsp3) is 0. The molecule has 0 saturated heterocycles. The van der Waals surface area contributed by atoms with Crippen molar-refractivity contribution in [3.8, 4) is 97.5 Å². The number of hydrogen-bond donors (Lipinski definition) is 0. The van der Waals surface area contributed by atoms with Crippen LogP contribution < -0.4 is 0 Å². The van der Waals surface area contributed by atoms with E-state index in [-0.39, 0.29) is 0 Å². The maximum atomic E-state index is 10.5. The first-order valence-electron chi connectivity index (χ1n) is 23.1. The molecule has 12 aromatic rings. The van der Waals surface area contributed by atoms with Gasteiger partial charge >= 0.3 is 0 Å².